The van der Waals surface area contributed by atoms with Gasteiger partial charge >= 0.3 is 0 Å². The van der Waals surface area contributed by atoms with Crippen molar-refractivity contribution in [3.63, 3.8) is 0 Å². The molecule has 2 fully saturated rings. The zero-order valence-corrected chi connectivity index (χ0v) is 6.29. The Morgan fingerprint density at radius 1 is 1.20 bits per heavy atom. The second-order valence-electron chi connectivity index (χ2n) is 3.58. The number of hydrogen-bond donors (Lipinski definition) is 1. The maximum Gasteiger partial charge on any atom is 0.0558 e. The van der Waals surface area contributed by atoms with Gasteiger partial charge in [0.2, 0.25) is 0 Å². The zero-order chi connectivity index (χ0) is 6.97. The van der Waals surface area contributed by atoms with Crippen LogP contribution in [0.25, 0.3) is 0 Å². The maximum atomic E-state index is 8.68. The molecule has 0 amide bonds. The Hall–Kier alpha value is -0.0800. The second kappa shape index (κ2) is 2.51. The van der Waals surface area contributed by atoms with Gasteiger partial charge in [-0.25, -0.2) is 0 Å². The van der Waals surface area contributed by atoms with E-state index in [0.29, 0.717) is 6.61 Å². The highest BCUT2D eigenvalue weighted by Gasteiger charge is 2.38. The van der Waals surface area contributed by atoms with Crippen molar-refractivity contribution in [1.29, 1.82) is 0 Å². The molecule has 1 aliphatic heterocycles. The van der Waals surface area contributed by atoms with Crippen LogP contribution in [0, 0.1) is 11.8 Å². The van der Waals surface area contributed by atoms with Crippen molar-refractivity contribution in [3.05, 3.63) is 0 Å². The lowest BCUT2D eigenvalue weighted by molar-refractivity contribution is 0.218. The topological polar surface area (TPSA) is 23.5 Å². The molecule has 2 nitrogen and oxygen atoms in total. The maximum absolute atomic E-state index is 8.68. The molecule has 0 radical (unpaired) electrons. The fourth-order valence-corrected chi connectivity index (χ4v) is 2.18. The summed E-state index contributed by atoms with van der Waals surface area (Å²) in [6, 6.07) is 0. The molecule has 1 saturated heterocycles. The summed E-state index contributed by atoms with van der Waals surface area (Å²) in [5, 5.41) is 8.68. The highest BCUT2D eigenvalue weighted by Crippen LogP contribution is 2.39. The van der Waals surface area contributed by atoms with Crippen LogP contribution >= 0.6 is 0 Å². The smallest absolute Gasteiger partial charge is 0.0558 e. The van der Waals surface area contributed by atoms with E-state index >= 15 is 0 Å². The third kappa shape index (κ3) is 0.956. The van der Waals surface area contributed by atoms with Gasteiger partial charge in [0, 0.05) is 19.6 Å². The van der Waals surface area contributed by atoms with Gasteiger partial charge in [-0.05, 0) is 24.7 Å². The molecule has 58 valence electrons. The Morgan fingerprint density at radius 3 is 2.20 bits per heavy atom. The number of aliphatic hydroxyl groups is 1. The molecule has 0 aromatic heterocycles. The summed E-state index contributed by atoms with van der Waals surface area (Å²) < 4.78 is 0. The first-order valence-electron chi connectivity index (χ1n) is 4.23. The summed E-state index contributed by atoms with van der Waals surface area (Å²) in [4.78, 5) is 2.39. The molecule has 1 saturated carbocycles. The van der Waals surface area contributed by atoms with Crippen molar-refractivity contribution in [2.45, 2.75) is 12.8 Å². The van der Waals surface area contributed by atoms with Crippen LogP contribution in [0.15, 0.2) is 0 Å². The molecule has 2 aliphatic rings. The van der Waals surface area contributed by atoms with Crippen LogP contribution in [-0.2, 0) is 0 Å². The molecule has 2 rings (SSSR count). The van der Waals surface area contributed by atoms with Gasteiger partial charge in [-0.15, -0.1) is 0 Å². The number of hydrogen-bond acceptors (Lipinski definition) is 2. The van der Waals surface area contributed by atoms with Crippen LogP contribution in [-0.4, -0.2) is 36.2 Å². The Bertz CT molecular complexity index is 114. The standard InChI is InChI=1S/C8H15NO/c10-4-3-9-5-7-1-2-8(7)6-9/h7-8,10H,1-6H2. The van der Waals surface area contributed by atoms with Gasteiger partial charge in [0.25, 0.3) is 0 Å². The Labute approximate surface area is 61.8 Å². The monoisotopic (exact) mass is 141 g/mol. The van der Waals surface area contributed by atoms with Crippen molar-refractivity contribution < 1.29 is 5.11 Å². The molecule has 1 heterocycles. The van der Waals surface area contributed by atoms with Crippen LogP contribution in [0.4, 0.5) is 0 Å². The van der Waals surface area contributed by atoms with E-state index in [1.165, 1.54) is 25.9 Å². The number of fused-ring (bicyclic) bond motifs is 1. The molecule has 1 aliphatic carbocycles. The predicted molar refractivity (Wildman–Crippen MR) is 39.7 cm³/mol. The third-order valence-electron chi connectivity index (χ3n) is 2.98. The largest absolute Gasteiger partial charge is 0.395 e. The lowest BCUT2D eigenvalue weighted by Crippen LogP contribution is -2.23. The molecular weight excluding hydrogens is 126 g/mol. The minimum Gasteiger partial charge on any atom is -0.395 e. The van der Waals surface area contributed by atoms with Crippen molar-refractivity contribution in [3.8, 4) is 0 Å². The second-order valence-corrected chi connectivity index (χ2v) is 3.58. The van der Waals surface area contributed by atoms with Gasteiger partial charge in [0.05, 0.1) is 6.61 Å². The summed E-state index contributed by atoms with van der Waals surface area (Å²) in [5.41, 5.74) is 0. The minimum absolute atomic E-state index is 0.333. The summed E-state index contributed by atoms with van der Waals surface area (Å²) in [6.07, 6.45) is 2.87. The average molecular weight is 141 g/mol. The fraction of sp³-hybridized carbons (Fsp3) is 1.00. The lowest BCUT2D eigenvalue weighted by Gasteiger charge is -2.28. The zero-order valence-electron chi connectivity index (χ0n) is 6.29. The van der Waals surface area contributed by atoms with Gasteiger partial charge in [-0.2, -0.15) is 0 Å². The SMILES string of the molecule is OCCN1CC2CCC2C1. The summed E-state index contributed by atoms with van der Waals surface area (Å²) in [6.45, 7) is 3.74. The molecule has 2 heteroatoms. The molecule has 0 aromatic rings. The van der Waals surface area contributed by atoms with E-state index in [4.69, 9.17) is 5.11 Å². The van der Waals surface area contributed by atoms with E-state index in [-0.39, 0.29) is 0 Å². The first kappa shape index (κ1) is 6.62. The van der Waals surface area contributed by atoms with E-state index < -0.39 is 0 Å². The summed E-state index contributed by atoms with van der Waals surface area (Å²) >= 11 is 0. The molecule has 1 N–H and O–H groups in total. The van der Waals surface area contributed by atoms with Crippen LogP contribution in [0.5, 0.6) is 0 Å². The molecule has 10 heavy (non-hydrogen) atoms. The molecule has 2 atom stereocenters. The van der Waals surface area contributed by atoms with Gasteiger partial charge < -0.3 is 10.0 Å². The highest BCUT2D eigenvalue weighted by molar-refractivity contribution is 4.91. The quantitative estimate of drug-likeness (QED) is 0.598. The Balaban J connectivity index is 1.81. The predicted octanol–water partition coefficient (Wildman–Crippen LogP) is 0.320. The molecule has 0 spiro atoms. The molecule has 0 aromatic carbocycles. The van der Waals surface area contributed by atoms with Crippen molar-refractivity contribution in [1.82, 2.24) is 4.90 Å². The van der Waals surface area contributed by atoms with E-state index in [2.05, 4.69) is 4.90 Å². The normalized spacial score (nSPS) is 39.3. The first-order valence-corrected chi connectivity index (χ1v) is 4.23. The average Bonchev–Trinajstić information content (AvgIpc) is 2.14. The molecular formula is C8H15NO. The van der Waals surface area contributed by atoms with E-state index in [1.54, 1.807) is 0 Å². The summed E-state index contributed by atoms with van der Waals surface area (Å²) in [5.74, 6) is 1.98. The Morgan fingerprint density at radius 2 is 1.80 bits per heavy atom. The number of rotatable bonds is 2. The number of β-amino-alcohol motifs (C(OH)–C–C–N with tert-alkyl or cyclic N) is 1. The Kier molecular flexibility index (Phi) is 1.66. The molecule has 0 bridgehead atoms. The van der Waals surface area contributed by atoms with E-state index in [0.717, 1.165) is 18.4 Å². The van der Waals surface area contributed by atoms with Crippen LogP contribution in [0.1, 0.15) is 12.8 Å². The third-order valence-corrected chi connectivity index (χ3v) is 2.98. The van der Waals surface area contributed by atoms with Crippen LogP contribution in [0.3, 0.4) is 0 Å². The fourth-order valence-electron chi connectivity index (χ4n) is 2.18. The van der Waals surface area contributed by atoms with Gasteiger partial charge in [0.15, 0.2) is 0 Å². The number of likely N-dealkylation sites (tertiary alicyclic amines) is 1. The van der Waals surface area contributed by atoms with Crippen LogP contribution < -0.4 is 0 Å². The lowest BCUT2D eigenvalue weighted by atomic mass is 9.77. The van der Waals surface area contributed by atoms with Gasteiger partial charge in [-0.1, -0.05) is 0 Å². The van der Waals surface area contributed by atoms with Crippen molar-refractivity contribution in [2.24, 2.45) is 11.8 Å². The first-order chi connectivity index (χ1) is 4.90. The van der Waals surface area contributed by atoms with Gasteiger partial charge in [-0.3, -0.25) is 0 Å². The minimum atomic E-state index is 0.333. The van der Waals surface area contributed by atoms with E-state index in [9.17, 15) is 0 Å². The van der Waals surface area contributed by atoms with Gasteiger partial charge in [0.1, 0.15) is 0 Å². The van der Waals surface area contributed by atoms with Crippen molar-refractivity contribution in [2.75, 3.05) is 26.2 Å². The number of aliphatic hydroxyl groups excluding tert-OH is 1. The van der Waals surface area contributed by atoms with E-state index in [1.807, 2.05) is 0 Å². The highest BCUT2D eigenvalue weighted by atomic mass is 16.3. The number of nitrogens with zero attached hydrogens (tertiary/aromatic N) is 1. The molecule has 2 unspecified atom stereocenters. The summed E-state index contributed by atoms with van der Waals surface area (Å²) in [7, 11) is 0. The van der Waals surface area contributed by atoms with Crippen molar-refractivity contribution >= 4 is 0 Å². The van der Waals surface area contributed by atoms with Crippen LogP contribution in [0.2, 0.25) is 0 Å².